The molecule has 0 fully saturated rings. The normalized spacial score (nSPS) is 12.4. The lowest BCUT2D eigenvalue weighted by molar-refractivity contribution is 0.768. The van der Waals surface area contributed by atoms with Crippen molar-refractivity contribution >= 4 is 0 Å². The van der Waals surface area contributed by atoms with Crippen molar-refractivity contribution in [1.82, 2.24) is 0 Å². The van der Waals surface area contributed by atoms with Crippen LogP contribution in [0, 0.1) is 5.92 Å². The lowest BCUT2D eigenvalue weighted by Gasteiger charge is -2.17. The van der Waals surface area contributed by atoms with E-state index in [1.54, 1.807) is 0 Å². The van der Waals surface area contributed by atoms with E-state index >= 15 is 0 Å². The fourth-order valence-corrected chi connectivity index (χ4v) is 2.10. The molecule has 0 aromatic heterocycles. The van der Waals surface area contributed by atoms with Crippen molar-refractivity contribution in [2.24, 2.45) is 5.92 Å². The molecule has 0 radical (unpaired) electrons. The van der Waals surface area contributed by atoms with E-state index in [9.17, 15) is 0 Å². The Morgan fingerprint density at radius 3 is 1.84 bits per heavy atom. The molecule has 0 aromatic carbocycles. The Balaban J connectivity index is 0. The first-order chi connectivity index (χ1) is 8.97. The van der Waals surface area contributed by atoms with Crippen LogP contribution >= 0.6 is 0 Å². The number of hydrogen-bond acceptors (Lipinski definition) is 0. The van der Waals surface area contributed by atoms with E-state index < -0.39 is 0 Å². The predicted octanol–water partition coefficient (Wildman–Crippen LogP) is 6.86. The van der Waals surface area contributed by atoms with Gasteiger partial charge in [-0.25, -0.2) is 0 Å². The van der Waals surface area contributed by atoms with Crippen LogP contribution in [0.3, 0.4) is 0 Å². The summed E-state index contributed by atoms with van der Waals surface area (Å²) in [6.45, 7) is 21.1. The molecular weight excluding hydrogens is 228 g/mol. The minimum absolute atomic E-state index is 0.569. The highest BCUT2D eigenvalue weighted by atomic mass is 14.2. The van der Waals surface area contributed by atoms with Crippen molar-refractivity contribution in [2.75, 3.05) is 0 Å². The molecule has 0 aliphatic heterocycles. The summed E-state index contributed by atoms with van der Waals surface area (Å²) in [5, 5.41) is 0. The van der Waals surface area contributed by atoms with Gasteiger partial charge in [0.1, 0.15) is 0 Å². The first-order valence-corrected chi connectivity index (χ1v) is 7.67. The van der Waals surface area contributed by atoms with Gasteiger partial charge in [-0.15, -0.1) is 0 Å². The highest BCUT2D eigenvalue weighted by Gasteiger charge is 2.10. The third-order valence-corrected chi connectivity index (χ3v) is 2.86. The Morgan fingerprint density at radius 1 is 1.05 bits per heavy atom. The molecule has 0 aliphatic carbocycles. The molecule has 0 heteroatoms. The quantitative estimate of drug-likeness (QED) is 0.458. The molecule has 0 atom stereocenters. The van der Waals surface area contributed by atoms with Crippen molar-refractivity contribution in [2.45, 2.75) is 68.2 Å². The van der Waals surface area contributed by atoms with Gasteiger partial charge in [-0.05, 0) is 49.3 Å². The van der Waals surface area contributed by atoms with Crippen molar-refractivity contribution < 1.29 is 0 Å². The van der Waals surface area contributed by atoms with Gasteiger partial charge < -0.3 is 0 Å². The van der Waals surface area contributed by atoms with Gasteiger partial charge in [-0.2, -0.15) is 0 Å². The Labute approximate surface area is 122 Å². The van der Waals surface area contributed by atoms with E-state index in [-0.39, 0.29) is 0 Å². The maximum atomic E-state index is 3.82. The van der Waals surface area contributed by atoms with Crippen molar-refractivity contribution in [1.29, 1.82) is 0 Å². The van der Waals surface area contributed by atoms with Gasteiger partial charge >= 0.3 is 0 Å². The molecule has 0 unspecified atom stereocenters. The van der Waals surface area contributed by atoms with Crippen LogP contribution in [0.5, 0.6) is 0 Å². The maximum absolute atomic E-state index is 3.82. The lowest BCUT2D eigenvalue weighted by atomic mass is 9.88. The van der Waals surface area contributed by atoms with Crippen LogP contribution in [-0.2, 0) is 0 Å². The molecule has 0 bridgehead atoms. The highest BCUT2D eigenvalue weighted by molar-refractivity contribution is 5.42. The van der Waals surface area contributed by atoms with Gasteiger partial charge in [0, 0.05) is 0 Å². The lowest BCUT2D eigenvalue weighted by Crippen LogP contribution is -2.00. The van der Waals surface area contributed by atoms with Crippen LogP contribution in [-0.4, -0.2) is 0 Å². The van der Waals surface area contributed by atoms with Gasteiger partial charge in [0.05, 0.1) is 0 Å². The molecule has 0 rings (SSSR count). The van der Waals surface area contributed by atoms with E-state index in [0.717, 1.165) is 12.8 Å². The van der Waals surface area contributed by atoms with E-state index in [1.807, 2.05) is 19.9 Å². The molecule has 0 saturated carbocycles. The topological polar surface area (TPSA) is 0 Å². The summed E-state index contributed by atoms with van der Waals surface area (Å²) in [7, 11) is 0. The molecule has 0 amide bonds. The number of allylic oxidation sites excluding steroid dienone is 7. The zero-order valence-electron chi connectivity index (χ0n) is 14.4. The minimum atomic E-state index is 0.569. The summed E-state index contributed by atoms with van der Waals surface area (Å²) >= 11 is 0. The Kier molecular flexibility index (Phi) is 12.8. The van der Waals surface area contributed by atoms with Crippen LogP contribution in [0.25, 0.3) is 0 Å². The van der Waals surface area contributed by atoms with Crippen molar-refractivity contribution in [3.05, 3.63) is 47.1 Å². The molecule has 0 N–H and O–H groups in total. The number of rotatable bonds is 6. The van der Waals surface area contributed by atoms with Crippen LogP contribution < -0.4 is 0 Å². The average Bonchev–Trinajstić information content (AvgIpc) is 2.38. The minimum Gasteiger partial charge on any atom is -0.0991 e. The van der Waals surface area contributed by atoms with E-state index in [1.165, 1.54) is 22.3 Å². The standard InChI is InChI=1S/C17H28.C2H6/c1-8-11-15(9-2)16(10-3)17(14(6)7)12-13(4)5;1-2/h8,11-12,14H,1,9-10H2,2-7H3;1-2H3/b15-11+,17-16-;. The summed E-state index contributed by atoms with van der Waals surface area (Å²) in [5.74, 6) is 0.569. The summed E-state index contributed by atoms with van der Waals surface area (Å²) < 4.78 is 0. The van der Waals surface area contributed by atoms with Crippen LogP contribution in [0.4, 0.5) is 0 Å². The van der Waals surface area contributed by atoms with Crippen LogP contribution in [0.1, 0.15) is 68.2 Å². The van der Waals surface area contributed by atoms with Crippen LogP contribution in [0.15, 0.2) is 47.1 Å². The molecule has 0 aliphatic rings. The molecule has 19 heavy (non-hydrogen) atoms. The van der Waals surface area contributed by atoms with Crippen LogP contribution in [0.2, 0.25) is 0 Å². The van der Waals surface area contributed by atoms with Gasteiger partial charge in [-0.3, -0.25) is 0 Å². The summed E-state index contributed by atoms with van der Waals surface area (Å²) in [6.07, 6.45) is 8.54. The Bertz CT molecular complexity index is 331. The molecule has 0 spiro atoms. The van der Waals surface area contributed by atoms with E-state index in [0.29, 0.717) is 5.92 Å². The van der Waals surface area contributed by atoms with E-state index in [2.05, 4.69) is 60.3 Å². The van der Waals surface area contributed by atoms with Gasteiger partial charge in [0.15, 0.2) is 0 Å². The first-order valence-electron chi connectivity index (χ1n) is 7.67. The first kappa shape index (κ1) is 20.3. The molecule has 0 heterocycles. The second-order valence-corrected chi connectivity index (χ2v) is 4.94. The zero-order chi connectivity index (χ0) is 15.4. The third-order valence-electron chi connectivity index (χ3n) is 2.86. The SMILES string of the molecule is C=C/C=C(CC)/C(CC)=C(/C=C(C)C)C(C)C.CC. The van der Waals surface area contributed by atoms with Gasteiger partial charge in [-0.1, -0.05) is 71.9 Å². The Hall–Kier alpha value is -1.04. The van der Waals surface area contributed by atoms with E-state index in [4.69, 9.17) is 0 Å². The van der Waals surface area contributed by atoms with Gasteiger partial charge in [0.25, 0.3) is 0 Å². The third kappa shape index (κ3) is 7.87. The van der Waals surface area contributed by atoms with Gasteiger partial charge in [0.2, 0.25) is 0 Å². The molecular formula is C19H34. The Morgan fingerprint density at radius 2 is 1.58 bits per heavy atom. The smallest absolute Gasteiger partial charge is 0.0216 e. The second-order valence-electron chi connectivity index (χ2n) is 4.94. The second kappa shape index (κ2) is 12.0. The zero-order valence-corrected chi connectivity index (χ0v) is 14.4. The number of hydrogen-bond donors (Lipinski definition) is 0. The summed E-state index contributed by atoms with van der Waals surface area (Å²) in [6, 6.07) is 0. The summed E-state index contributed by atoms with van der Waals surface area (Å²) in [4.78, 5) is 0. The molecule has 0 saturated heterocycles. The highest BCUT2D eigenvalue weighted by Crippen LogP contribution is 2.27. The van der Waals surface area contributed by atoms with Crippen molar-refractivity contribution in [3.63, 3.8) is 0 Å². The monoisotopic (exact) mass is 262 g/mol. The van der Waals surface area contributed by atoms with Crippen molar-refractivity contribution in [3.8, 4) is 0 Å². The molecule has 0 aromatic rings. The predicted molar refractivity (Wildman–Crippen MR) is 91.5 cm³/mol. The fraction of sp³-hybridized carbons (Fsp3) is 0.579. The maximum Gasteiger partial charge on any atom is -0.0216 e. The average molecular weight is 262 g/mol. The molecule has 0 nitrogen and oxygen atoms in total. The summed E-state index contributed by atoms with van der Waals surface area (Å²) in [5.41, 5.74) is 5.75. The fourth-order valence-electron chi connectivity index (χ4n) is 2.10. The molecule has 110 valence electrons. The largest absolute Gasteiger partial charge is 0.0991 e.